The van der Waals surface area contributed by atoms with Gasteiger partial charge in [0.1, 0.15) is 5.75 Å². The zero-order valence-corrected chi connectivity index (χ0v) is 17.4. The predicted octanol–water partition coefficient (Wildman–Crippen LogP) is 5.05. The van der Waals surface area contributed by atoms with Gasteiger partial charge in [-0.1, -0.05) is 15.9 Å². The highest BCUT2D eigenvalue weighted by molar-refractivity contribution is 9.11. The zero-order valence-electron chi connectivity index (χ0n) is 12.6. The quantitative estimate of drug-likeness (QED) is 0.585. The molecule has 0 amide bonds. The van der Waals surface area contributed by atoms with Gasteiger partial charge in [0, 0.05) is 48.7 Å². The van der Waals surface area contributed by atoms with Gasteiger partial charge in [-0.15, -0.1) is 24.8 Å². The number of piperazine rings is 1. The number of benzene rings is 1. The summed E-state index contributed by atoms with van der Waals surface area (Å²) < 4.78 is 39.1. The Morgan fingerprint density at radius 2 is 1.75 bits per heavy atom. The molecule has 2 rings (SSSR count). The molecule has 0 spiro atoms. The molecule has 0 bridgehead atoms. The van der Waals surface area contributed by atoms with Crippen molar-refractivity contribution in [2.24, 2.45) is 0 Å². The Hall–Kier alpha value is 0.270. The van der Waals surface area contributed by atoms with E-state index in [1.54, 1.807) is 12.1 Å². The van der Waals surface area contributed by atoms with E-state index < -0.39 is 18.6 Å². The Morgan fingerprint density at radius 1 is 1.17 bits per heavy atom. The number of rotatable bonds is 4. The first-order valence-corrected chi connectivity index (χ1v) is 8.56. The third kappa shape index (κ3) is 6.88. The largest absolute Gasteiger partial charge is 0.506 e. The Kier molecular flexibility index (Phi) is 10.5. The molecular weight excluding hydrogens is 500 g/mol. The third-order valence-electron chi connectivity index (χ3n) is 3.71. The molecule has 24 heavy (non-hydrogen) atoms. The van der Waals surface area contributed by atoms with E-state index in [0.29, 0.717) is 23.1 Å². The van der Waals surface area contributed by atoms with E-state index in [1.807, 2.05) is 4.90 Å². The lowest BCUT2D eigenvalue weighted by atomic mass is 9.98. The van der Waals surface area contributed by atoms with E-state index in [0.717, 1.165) is 17.6 Å². The van der Waals surface area contributed by atoms with Gasteiger partial charge in [0.25, 0.3) is 0 Å². The summed E-state index contributed by atoms with van der Waals surface area (Å²) in [5.41, 5.74) is 0.521. The summed E-state index contributed by atoms with van der Waals surface area (Å²) in [5.74, 6) is 0.00825. The van der Waals surface area contributed by atoms with Crippen molar-refractivity contribution in [1.29, 1.82) is 0 Å². The fraction of sp³-hybridized carbons (Fsp3) is 0.571. The summed E-state index contributed by atoms with van der Waals surface area (Å²) in [6, 6.07) is 2.91. The zero-order chi connectivity index (χ0) is 16.3. The number of phenolic OH excluding ortho intramolecular Hbond substituents is 1. The van der Waals surface area contributed by atoms with Crippen molar-refractivity contribution in [3.63, 3.8) is 0 Å². The molecule has 1 aromatic rings. The van der Waals surface area contributed by atoms with Gasteiger partial charge in [0.05, 0.1) is 4.47 Å². The molecule has 3 nitrogen and oxygen atoms in total. The lowest BCUT2D eigenvalue weighted by Gasteiger charge is -2.36. The van der Waals surface area contributed by atoms with Crippen LogP contribution in [-0.4, -0.2) is 42.4 Å². The molecule has 1 fully saturated rings. The summed E-state index contributed by atoms with van der Waals surface area (Å²) in [6.07, 6.45) is -5.14. The molecule has 140 valence electrons. The number of hydrogen-bond donors (Lipinski definition) is 2. The molecule has 1 saturated heterocycles. The monoisotopic (exact) mass is 516 g/mol. The van der Waals surface area contributed by atoms with Gasteiger partial charge in [0.15, 0.2) is 0 Å². The number of aromatic hydroxyl groups is 1. The van der Waals surface area contributed by atoms with Gasteiger partial charge in [-0.25, -0.2) is 0 Å². The minimum absolute atomic E-state index is 0. The highest BCUT2D eigenvalue weighted by atomic mass is 79.9. The number of nitrogens with one attached hydrogen (secondary N) is 1. The predicted molar refractivity (Wildman–Crippen MR) is 100 cm³/mol. The average molecular weight is 519 g/mol. The molecule has 0 aliphatic carbocycles. The van der Waals surface area contributed by atoms with E-state index in [2.05, 4.69) is 37.2 Å². The first-order chi connectivity index (χ1) is 10.3. The van der Waals surface area contributed by atoms with Crippen LogP contribution in [0.5, 0.6) is 5.75 Å². The maximum atomic E-state index is 12.6. The lowest BCUT2D eigenvalue weighted by Crippen LogP contribution is -2.45. The Balaban J connectivity index is 0.00000264. The summed E-state index contributed by atoms with van der Waals surface area (Å²) in [5, 5.41) is 13.4. The van der Waals surface area contributed by atoms with Crippen LogP contribution in [-0.2, 0) is 0 Å². The Morgan fingerprint density at radius 3 is 2.29 bits per heavy atom. The topological polar surface area (TPSA) is 35.5 Å². The highest BCUT2D eigenvalue weighted by Crippen LogP contribution is 2.40. The maximum Gasteiger partial charge on any atom is 0.389 e. The van der Waals surface area contributed by atoms with Crippen LogP contribution in [0.4, 0.5) is 13.2 Å². The molecule has 1 aliphatic rings. The number of alkyl halides is 3. The maximum absolute atomic E-state index is 12.6. The Bertz CT molecular complexity index is 529. The first-order valence-electron chi connectivity index (χ1n) is 6.97. The average Bonchev–Trinajstić information content (AvgIpc) is 2.44. The Labute approximate surface area is 168 Å². The molecule has 10 heteroatoms. The van der Waals surface area contributed by atoms with Crippen molar-refractivity contribution in [2.75, 3.05) is 26.2 Å². The molecule has 1 atom stereocenters. The van der Waals surface area contributed by atoms with E-state index in [9.17, 15) is 18.3 Å². The second-order valence-corrected chi connectivity index (χ2v) is 7.05. The standard InChI is InChI=1S/C14H17Br2F3N2O.2ClH/c15-9-7-10(13(22)11(16)8-9)12(1-2-14(17,18)19)21-5-3-20-4-6-21;;/h7-8,12,20,22H,1-6H2;2*1H/t12-;;/m0../s1. The first kappa shape index (κ1) is 24.3. The van der Waals surface area contributed by atoms with Crippen LogP contribution < -0.4 is 5.32 Å². The van der Waals surface area contributed by atoms with Crippen LogP contribution in [0.2, 0.25) is 0 Å². The van der Waals surface area contributed by atoms with Crippen molar-refractivity contribution in [2.45, 2.75) is 25.1 Å². The third-order valence-corrected chi connectivity index (χ3v) is 4.77. The number of hydrogen-bond acceptors (Lipinski definition) is 3. The van der Waals surface area contributed by atoms with Gasteiger partial charge < -0.3 is 10.4 Å². The fourth-order valence-electron chi connectivity index (χ4n) is 2.67. The van der Waals surface area contributed by atoms with E-state index in [-0.39, 0.29) is 37.0 Å². The fourth-order valence-corrected chi connectivity index (χ4v) is 3.93. The van der Waals surface area contributed by atoms with Gasteiger partial charge in [-0.3, -0.25) is 4.90 Å². The highest BCUT2D eigenvalue weighted by Gasteiger charge is 2.32. The molecule has 1 heterocycles. The molecule has 1 aliphatic heterocycles. The van der Waals surface area contributed by atoms with E-state index in [4.69, 9.17) is 0 Å². The number of halogens is 7. The minimum atomic E-state index is -4.20. The van der Waals surface area contributed by atoms with Crippen molar-refractivity contribution in [3.05, 3.63) is 26.6 Å². The molecule has 0 unspecified atom stereocenters. The molecule has 1 aromatic carbocycles. The SMILES string of the molecule is Cl.Cl.Oc1c(Br)cc(Br)cc1[C@H](CCC(F)(F)F)N1CCNCC1. The van der Waals surface area contributed by atoms with Crippen LogP contribution in [0.3, 0.4) is 0 Å². The molecule has 0 radical (unpaired) electrons. The summed E-state index contributed by atoms with van der Waals surface area (Å²) in [6.45, 7) is 2.79. The van der Waals surface area contributed by atoms with Crippen LogP contribution in [0.25, 0.3) is 0 Å². The van der Waals surface area contributed by atoms with E-state index in [1.165, 1.54) is 0 Å². The van der Waals surface area contributed by atoms with E-state index >= 15 is 0 Å². The number of nitrogens with zero attached hydrogens (tertiary/aromatic N) is 1. The lowest BCUT2D eigenvalue weighted by molar-refractivity contribution is -0.138. The summed E-state index contributed by atoms with van der Waals surface area (Å²) in [7, 11) is 0. The molecule has 0 aromatic heterocycles. The van der Waals surface area contributed by atoms with Gasteiger partial charge in [-0.05, 0) is 34.5 Å². The molecule has 0 saturated carbocycles. The van der Waals surface area contributed by atoms with Crippen molar-refractivity contribution in [3.8, 4) is 5.75 Å². The molecule has 2 N–H and O–H groups in total. The van der Waals surface area contributed by atoms with Gasteiger partial charge in [0.2, 0.25) is 0 Å². The minimum Gasteiger partial charge on any atom is -0.506 e. The number of phenols is 1. The van der Waals surface area contributed by atoms with Gasteiger partial charge >= 0.3 is 6.18 Å². The van der Waals surface area contributed by atoms with Crippen molar-refractivity contribution < 1.29 is 18.3 Å². The van der Waals surface area contributed by atoms with Crippen LogP contribution in [0.15, 0.2) is 21.1 Å². The molecular formula is C14H19Br2Cl2F3N2O. The van der Waals surface area contributed by atoms with Crippen LogP contribution in [0, 0.1) is 0 Å². The second kappa shape index (κ2) is 10.4. The van der Waals surface area contributed by atoms with Gasteiger partial charge in [-0.2, -0.15) is 13.2 Å². The summed E-state index contributed by atoms with van der Waals surface area (Å²) >= 11 is 6.58. The summed E-state index contributed by atoms with van der Waals surface area (Å²) in [4.78, 5) is 2.00. The van der Waals surface area contributed by atoms with Crippen molar-refractivity contribution in [1.82, 2.24) is 10.2 Å². The smallest absolute Gasteiger partial charge is 0.389 e. The van der Waals surface area contributed by atoms with Crippen molar-refractivity contribution >= 4 is 56.7 Å². The normalized spacial score (nSPS) is 16.9. The second-order valence-electron chi connectivity index (χ2n) is 5.28. The van der Waals surface area contributed by atoms with Crippen LogP contribution in [0.1, 0.15) is 24.4 Å². The van der Waals surface area contributed by atoms with Crippen LogP contribution >= 0.6 is 56.7 Å².